The Morgan fingerprint density at radius 1 is 1.10 bits per heavy atom. The predicted octanol–water partition coefficient (Wildman–Crippen LogP) is 4.17. The van der Waals surface area contributed by atoms with E-state index in [0.29, 0.717) is 25.7 Å². The number of fused-ring (bicyclic) bond motifs is 1. The second-order valence-electron chi connectivity index (χ2n) is 8.32. The van der Waals surface area contributed by atoms with Crippen LogP contribution in [0.4, 0.5) is 0 Å². The summed E-state index contributed by atoms with van der Waals surface area (Å²) < 4.78 is 11.4. The molecule has 0 unspecified atom stereocenters. The Kier molecular flexibility index (Phi) is 6.72. The van der Waals surface area contributed by atoms with Gasteiger partial charge in [0.05, 0.1) is 24.5 Å². The molecule has 1 fully saturated rings. The van der Waals surface area contributed by atoms with E-state index in [1.807, 2.05) is 19.9 Å². The molecule has 2 aromatic rings. The van der Waals surface area contributed by atoms with E-state index >= 15 is 0 Å². The number of hydrogen-bond donors (Lipinski definition) is 1. The molecule has 0 bridgehead atoms. The fourth-order valence-electron chi connectivity index (χ4n) is 4.66. The molecule has 30 heavy (non-hydrogen) atoms. The molecule has 1 N–H and O–H groups in total. The van der Waals surface area contributed by atoms with Crippen LogP contribution in [-0.4, -0.2) is 34.6 Å². The second kappa shape index (κ2) is 9.65. The van der Waals surface area contributed by atoms with Crippen LogP contribution in [-0.2, 0) is 19.5 Å². The van der Waals surface area contributed by atoms with Crippen molar-refractivity contribution in [1.82, 2.24) is 14.9 Å². The molecule has 0 radical (unpaired) electrons. The van der Waals surface area contributed by atoms with Gasteiger partial charge in [-0.1, -0.05) is 25.3 Å². The zero-order valence-electron chi connectivity index (χ0n) is 18.2. The summed E-state index contributed by atoms with van der Waals surface area (Å²) in [7, 11) is 0. The van der Waals surface area contributed by atoms with Gasteiger partial charge in [-0.2, -0.15) is 0 Å². The number of hydrogen-bond acceptors (Lipinski definition) is 5. The van der Waals surface area contributed by atoms with Crippen LogP contribution in [0.5, 0.6) is 11.5 Å². The summed E-state index contributed by atoms with van der Waals surface area (Å²) >= 11 is 0. The van der Waals surface area contributed by atoms with Gasteiger partial charge in [-0.3, -0.25) is 9.69 Å². The van der Waals surface area contributed by atoms with Crippen LogP contribution in [0.3, 0.4) is 0 Å². The Labute approximate surface area is 178 Å². The van der Waals surface area contributed by atoms with Gasteiger partial charge in [0.2, 0.25) is 0 Å². The van der Waals surface area contributed by atoms with E-state index < -0.39 is 0 Å². The molecule has 1 aliphatic carbocycles. The first-order valence-electron chi connectivity index (χ1n) is 11.4. The lowest BCUT2D eigenvalue weighted by molar-refractivity contribution is 0.239. The van der Waals surface area contributed by atoms with Crippen molar-refractivity contribution in [3.63, 3.8) is 0 Å². The van der Waals surface area contributed by atoms with Crippen molar-refractivity contribution >= 4 is 0 Å². The maximum Gasteiger partial charge on any atom is 0.255 e. The molecule has 6 heteroatoms. The highest BCUT2D eigenvalue weighted by atomic mass is 16.5. The van der Waals surface area contributed by atoms with Crippen molar-refractivity contribution in [1.29, 1.82) is 0 Å². The molecule has 6 nitrogen and oxygen atoms in total. The zero-order chi connectivity index (χ0) is 20.9. The van der Waals surface area contributed by atoms with Crippen LogP contribution in [0.25, 0.3) is 0 Å². The van der Waals surface area contributed by atoms with Crippen molar-refractivity contribution in [3.8, 4) is 11.5 Å². The zero-order valence-corrected chi connectivity index (χ0v) is 18.2. The van der Waals surface area contributed by atoms with Gasteiger partial charge < -0.3 is 14.5 Å². The molecule has 162 valence electrons. The van der Waals surface area contributed by atoms with Gasteiger partial charge in [-0.15, -0.1) is 0 Å². The lowest BCUT2D eigenvalue weighted by Crippen LogP contribution is -2.36. The summed E-state index contributed by atoms with van der Waals surface area (Å²) in [6.45, 7) is 7.48. The lowest BCUT2D eigenvalue weighted by atomic mass is 9.88. The van der Waals surface area contributed by atoms with E-state index in [-0.39, 0.29) is 5.56 Å². The Morgan fingerprint density at radius 3 is 2.63 bits per heavy atom. The molecular weight excluding hydrogens is 378 g/mol. The Morgan fingerprint density at radius 2 is 1.87 bits per heavy atom. The van der Waals surface area contributed by atoms with E-state index in [2.05, 4.69) is 22.0 Å². The summed E-state index contributed by atoms with van der Waals surface area (Å²) in [4.78, 5) is 23.1. The molecule has 1 saturated carbocycles. The van der Waals surface area contributed by atoms with Crippen molar-refractivity contribution in [2.45, 2.75) is 71.4 Å². The molecule has 2 heterocycles. The second-order valence-corrected chi connectivity index (χ2v) is 8.32. The number of aromatic nitrogens is 2. The molecule has 4 rings (SSSR count). The van der Waals surface area contributed by atoms with E-state index in [0.717, 1.165) is 66.5 Å². The monoisotopic (exact) mass is 411 g/mol. The summed E-state index contributed by atoms with van der Waals surface area (Å²) in [5, 5.41) is 0. The first-order chi connectivity index (χ1) is 14.7. The van der Waals surface area contributed by atoms with E-state index in [1.165, 1.54) is 19.3 Å². The molecule has 2 aliphatic rings. The van der Waals surface area contributed by atoms with Crippen LogP contribution >= 0.6 is 0 Å². The molecule has 1 aromatic heterocycles. The fourth-order valence-corrected chi connectivity index (χ4v) is 4.66. The lowest BCUT2D eigenvalue weighted by Gasteiger charge is -2.29. The Hall–Kier alpha value is -2.34. The first kappa shape index (κ1) is 20.9. The molecule has 0 amide bonds. The van der Waals surface area contributed by atoms with Gasteiger partial charge in [0.25, 0.3) is 5.56 Å². The third-order valence-corrected chi connectivity index (χ3v) is 6.17. The van der Waals surface area contributed by atoms with Crippen molar-refractivity contribution in [2.24, 2.45) is 0 Å². The minimum absolute atomic E-state index is 0.0481. The minimum Gasteiger partial charge on any atom is -0.490 e. The number of nitrogens with one attached hydrogen (secondary N) is 1. The van der Waals surface area contributed by atoms with Crippen LogP contribution in [0, 0.1) is 0 Å². The standard InChI is InChI=1S/C24H33N3O3/c1-3-29-21-11-10-17(14-22(21)30-4-2)15-27-13-12-20-19(16-27)24(28)26-23(25-20)18-8-6-5-7-9-18/h10-11,14,18H,3-9,12-13,15-16H2,1-2H3,(H,25,26,28). The normalized spacial score (nSPS) is 17.5. The van der Waals surface area contributed by atoms with Gasteiger partial charge in [0, 0.05) is 32.0 Å². The van der Waals surface area contributed by atoms with Crippen LogP contribution in [0.2, 0.25) is 0 Å². The third kappa shape index (κ3) is 4.69. The molecular formula is C24H33N3O3. The molecule has 1 aliphatic heterocycles. The minimum atomic E-state index is 0.0481. The van der Waals surface area contributed by atoms with E-state index in [9.17, 15) is 4.79 Å². The predicted molar refractivity (Wildman–Crippen MR) is 117 cm³/mol. The largest absolute Gasteiger partial charge is 0.490 e. The molecule has 0 atom stereocenters. The fraction of sp³-hybridized carbons (Fsp3) is 0.583. The summed E-state index contributed by atoms with van der Waals surface area (Å²) in [5.74, 6) is 2.91. The van der Waals surface area contributed by atoms with Crippen LogP contribution in [0.15, 0.2) is 23.0 Å². The van der Waals surface area contributed by atoms with Gasteiger partial charge in [0.1, 0.15) is 5.82 Å². The number of rotatable bonds is 7. The highest BCUT2D eigenvalue weighted by Gasteiger charge is 2.24. The molecule has 0 saturated heterocycles. The van der Waals surface area contributed by atoms with Crippen molar-refractivity contribution < 1.29 is 9.47 Å². The SMILES string of the molecule is CCOc1ccc(CN2CCc3nc(C4CCCCC4)[nH]c(=O)c3C2)cc1OCC. The highest BCUT2D eigenvalue weighted by molar-refractivity contribution is 5.43. The molecule has 1 aromatic carbocycles. The van der Waals surface area contributed by atoms with E-state index in [4.69, 9.17) is 14.5 Å². The highest BCUT2D eigenvalue weighted by Crippen LogP contribution is 2.32. The van der Waals surface area contributed by atoms with Crippen LogP contribution < -0.4 is 15.0 Å². The average Bonchev–Trinajstić information content (AvgIpc) is 2.77. The number of benzene rings is 1. The van der Waals surface area contributed by atoms with Crippen molar-refractivity contribution in [2.75, 3.05) is 19.8 Å². The average molecular weight is 412 g/mol. The molecule has 0 spiro atoms. The third-order valence-electron chi connectivity index (χ3n) is 6.17. The first-order valence-corrected chi connectivity index (χ1v) is 11.4. The maximum absolute atomic E-state index is 12.8. The smallest absolute Gasteiger partial charge is 0.255 e. The summed E-state index contributed by atoms with van der Waals surface area (Å²) in [5.41, 5.74) is 3.04. The quantitative estimate of drug-likeness (QED) is 0.741. The van der Waals surface area contributed by atoms with Crippen molar-refractivity contribution in [3.05, 3.63) is 51.2 Å². The van der Waals surface area contributed by atoms with E-state index in [1.54, 1.807) is 0 Å². The maximum atomic E-state index is 12.8. The van der Waals surface area contributed by atoms with Gasteiger partial charge in [-0.25, -0.2) is 4.98 Å². The Balaban J connectivity index is 1.48. The number of nitrogens with zero attached hydrogens (tertiary/aromatic N) is 2. The van der Waals surface area contributed by atoms with Gasteiger partial charge in [-0.05, 0) is 44.4 Å². The topological polar surface area (TPSA) is 67.5 Å². The number of ether oxygens (including phenoxy) is 2. The van der Waals surface area contributed by atoms with Gasteiger partial charge in [0.15, 0.2) is 11.5 Å². The summed E-state index contributed by atoms with van der Waals surface area (Å²) in [6.07, 6.45) is 6.91. The number of aromatic amines is 1. The summed E-state index contributed by atoms with van der Waals surface area (Å²) in [6, 6.07) is 6.11. The van der Waals surface area contributed by atoms with Gasteiger partial charge >= 0.3 is 0 Å². The Bertz CT molecular complexity index is 918. The number of H-pyrrole nitrogens is 1. The van der Waals surface area contributed by atoms with Crippen LogP contribution in [0.1, 0.15) is 74.5 Å².